The number of aromatic carboxylic acids is 1. The second-order valence-electron chi connectivity index (χ2n) is 6.73. The molecule has 0 aliphatic carbocycles. The van der Waals surface area contributed by atoms with Gasteiger partial charge in [-0.15, -0.1) is 23.5 Å². The monoisotopic (exact) mass is 423 g/mol. The van der Waals surface area contributed by atoms with Gasteiger partial charge in [0.15, 0.2) is 0 Å². The first-order chi connectivity index (χ1) is 14.1. The minimum absolute atomic E-state index is 0.307. The Morgan fingerprint density at radius 2 is 2.10 bits per heavy atom. The van der Waals surface area contributed by atoms with Crippen molar-refractivity contribution in [1.29, 1.82) is 0 Å². The van der Waals surface area contributed by atoms with E-state index in [2.05, 4.69) is 33.5 Å². The lowest BCUT2D eigenvalue weighted by atomic mass is 10.1. The van der Waals surface area contributed by atoms with Crippen LogP contribution in [0.15, 0.2) is 58.6 Å². The van der Waals surface area contributed by atoms with Crippen LogP contribution >= 0.6 is 23.5 Å². The van der Waals surface area contributed by atoms with Gasteiger partial charge in [0, 0.05) is 33.7 Å². The van der Waals surface area contributed by atoms with Gasteiger partial charge in [0.25, 0.3) is 0 Å². The van der Waals surface area contributed by atoms with Crippen LogP contribution in [-0.4, -0.2) is 39.6 Å². The van der Waals surface area contributed by atoms with Crippen molar-refractivity contribution in [3.63, 3.8) is 0 Å². The second kappa shape index (κ2) is 8.88. The zero-order valence-electron chi connectivity index (χ0n) is 16.0. The molecular formula is C22H21N3O2S2. The summed E-state index contributed by atoms with van der Waals surface area (Å²) in [5, 5.41) is 12.7. The molecule has 0 amide bonds. The summed E-state index contributed by atoms with van der Waals surface area (Å²) in [6.45, 7) is 0.788. The quantitative estimate of drug-likeness (QED) is 0.525. The smallest absolute Gasteiger partial charge is 0.336 e. The van der Waals surface area contributed by atoms with Gasteiger partial charge < -0.3 is 10.4 Å². The summed E-state index contributed by atoms with van der Waals surface area (Å²) < 4.78 is 0. The Hall–Kier alpha value is -2.51. The molecule has 5 nitrogen and oxygen atoms in total. The molecule has 0 atom stereocenters. The van der Waals surface area contributed by atoms with Gasteiger partial charge in [0.1, 0.15) is 12.1 Å². The Balaban J connectivity index is 1.44. The molecule has 0 saturated carbocycles. The van der Waals surface area contributed by atoms with Crippen LogP contribution in [0.5, 0.6) is 0 Å². The summed E-state index contributed by atoms with van der Waals surface area (Å²) in [5.74, 6) is 1.03. The summed E-state index contributed by atoms with van der Waals surface area (Å²) in [6.07, 6.45) is 5.50. The van der Waals surface area contributed by atoms with E-state index in [9.17, 15) is 9.90 Å². The highest BCUT2D eigenvalue weighted by atomic mass is 32.2. The van der Waals surface area contributed by atoms with Crippen LogP contribution in [0.2, 0.25) is 0 Å². The average molecular weight is 424 g/mol. The van der Waals surface area contributed by atoms with Crippen molar-refractivity contribution in [2.45, 2.75) is 22.6 Å². The number of hydrogen-bond donors (Lipinski definition) is 2. The molecule has 0 fully saturated rings. The van der Waals surface area contributed by atoms with E-state index in [1.807, 2.05) is 30.2 Å². The fraction of sp³-hybridized carbons (Fsp3) is 0.227. The largest absolute Gasteiger partial charge is 0.478 e. The Morgan fingerprint density at radius 1 is 1.21 bits per heavy atom. The highest BCUT2D eigenvalue weighted by Crippen LogP contribution is 2.32. The fourth-order valence-corrected chi connectivity index (χ4v) is 5.04. The van der Waals surface area contributed by atoms with Crippen LogP contribution in [-0.2, 0) is 12.8 Å². The molecule has 2 heterocycles. The van der Waals surface area contributed by atoms with Crippen LogP contribution in [0.4, 0.5) is 5.82 Å². The number of carbonyl (C=O) groups is 1. The first-order valence-electron chi connectivity index (χ1n) is 9.36. The van der Waals surface area contributed by atoms with Gasteiger partial charge in [-0.05, 0) is 48.4 Å². The maximum atomic E-state index is 11.3. The molecule has 0 spiro atoms. The minimum atomic E-state index is -0.920. The van der Waals surface area contributed by atoms with E-state index in [4.69, 9.17) is 0 Å². The van der Waals surface area contributed by atoms with Crippen LogP contribution < -0.4 is 5.32 Å². The lowest BCUT2D eigenvalue weighted by Gasteiger charge is -2.10. The van der Waals surface area contributed by atoms with Crippen molar-refractivity contribution in [2.24, 2.45) is 0 Å². The Labute approximate surface area is 178 Å². The number of carboxylic acid groups (broad SMARTS) is 1. The van der Waals surface area contributed by atoms with E-state index in [1.165, 1.54) is 39.9 Å². The second-order valence-corrected chi connectivity index (χ2v) is 8.71. The zero-order chi connectivity index (χ0) is 20.2. The number of rotatable bonds is 7. The Morgan fingerprint density at radius 3 is 2.93 bits per heavy atom. The van der Waals surface area contributed by atoms with E-state index >= 15 is 0 Å². The number of hydrogen-bond acceptors (Lipinski definition) is 6. The normalized spacial score (nSPS) is 12.6. The number of anilines is 1. The van der Waals surface area contributed by atoms with Crippen LogP contribution in [0, 0.1) is 0 Å². The molecule has 1 aliphatic heterocycles. The summed E-state index contributed by atoms with van der Waals surface area (Å²) >= 11 is 3.35. The topological polar surface area (TPSA) is 75.1 Å². The first kappa shape index (κ1) is 19.8. The number of aryl methyl sites for hydroxylation is 1. The average Bonchev–Trinajstić information content (AvgIpc) is 3.21. The lowest BCUT2D eigenvalue weighted by Crippen LogP contribution is -2.07. The summed E-state index contributed by atoms with van der Waals surface area (Å²) in [7, 11) is 0. The first-order valence-corrected chi connectivity index (χ1v) is 11.6. The van der Waals surface area contributed by atoms with Crippen LogP contribution in [0.3, 0.4) is 0 Å². The molecule has 29 heavy (non-hydrogen) atoms. The highest BCUT2D eigenvalue weighted by Gasteiger charge is 2.13. The van der Waals surface area contributed by atoms with Crippen molar-refractivity contribution in [2.75, 3.05) is 23.9 Å². The van der Waals surface area contributed by atoms with Crippen molar-refractivity contribution >= 4 is 35.3 Å². The highest BCUT2D eigenvalue weighted by molar-refractivity contribution is 7.99. The summed E-state index contributed by atoms with van der Waals surface area (Å²) in [6, 6.07) is 13.9. The molecular weight excluding hydrogens is 402 g/mol. The van der Waals surface area contributed by atoms with Gasteiger partial charge in [-0.2, -0.15) is 0 Å². The Kier molecular flexibility index (Phi) is 6.06. The molecule has 0 bridgehead atoms. The van der Waals surface area contributed by atoms with Crippen LogP contribution in [0.1, 0.15) is 21.5 Å². The molecule has 0 saturated heterocycles. The van der Waals surface area contributed by atoms with Gasteiger partial charge in [-0.3, -0.25) is 0 Å². The summed E-state index contributed by atoms with van der Waals surface area (Å²) in [4.78, 5) is 22.1. The van der Waals surface area contributed by atoms with Gasteiger partial charge in [0.05, 0.1) is 11.3 Å². The van der Waals surface area contributed by atoms with Crippen molar-refractivity contribution in [1.82, 2.24) is 9.97 Å². The molecule has 0 unspecified atom stereocenters. The van der Waals surface area contributed by atoms with E-state index in [-0.39, 0.29) is 0 Å². The number of nitrogens with one attached hydrogen (secondary N) is 1. The SMILES string of the molecule is CSc1cc(-c2cc(NCCc3ccc4c(c3)CCS4)ncn2)ccc1C(=O)O. The van der Waals surface area contributed by atoms with Crippen molar-refractivity contribution in [3.05, 3.63) is 65.5 Å². The van der Waals surface area contributed by atoms with Crippen molar-refractivity contribution in [3.8, 4) is 11.3 Å². The van der Waals surface area contributed by atoms with Gasteiger partial charge >= 0.3 is 5.97 Å². The van der Waals surface area contributed by atoms with Gasteiger partial charge in [-0.25, -0.2) is 14.8 Å². The fourth-order valence-electron chi connectivity index (χ4n) is 3.37. The van der Waals surface area contributed by atoms with Gasteiger partial charge in [-0.1, -0.05) is 18.2 Å². The van der Waals surface area contributed by atoms with E-state index < -0.39 is 5.97 Å². The number of benzene rings is 2. The maximum absolute atomic E-state index is 11.3. The van der Waals surface area contributed by atoms with E-state index in [0.29, 0.717) is 5.56 Å². The van der Waals surface area contributed by atoms with E-state index in [0.717, 1.165) is 41.4 Å². The Bertz CT molecular complexity index is 1060. The third kappa shape index (κ3) is 4.57. The molecule has 148 valence electrons. The molecule has 3 aromatic rings. The zero-order valence-corrected chi connectivity index (χ0v) is 17.6. The molecule has 1 aromatic heterocycles. The molecule has 2 N–H and O–H groups in total. The van der Waals surface area contributed by atoms with Gasteiger partial charge in [0.2, 0.25) is 0 Å². The maximum Gasteiger partial charge on any atom is 0.336 e. The lowest BCUT2D eigenvalue weighted by molar-refractivity contribution is 0.0693. The number of thioether (sulfide) groups is 2. The standard InChI is InChI=1S/C22H21N3O2S2/c1-28-20-11-15(3-4-17(20)22(26)27)18-12-21(25-13-24-18)23-8-6-14-2-5-19-16(10-14)7-9-29-19/h2-5,10-13H,6-9H2,1H3,(H,26,27)(H,23,24,25). The molecule has 2 aromatic carbocycles. The molecule has 4 rings (SSSR count). The summed E-state index contributed by atoms with van der Waals surface area (Å²) in [5.41, 5.74) is 4.75. The number of fused-ring (bicyclic) bond motifs is 1. The number of carboxylic acids is 1. The van der Waals surface area contributed by atoms with E-state index in [1.54, 1.807) is 12.1 Å². The molecule has 1 aliphatic rings. The molecule has 0 radical (unpaired) electrons. The van der Waals surface area contributed by atoms with Crippen LogP contribution in [0.25, 0.3) is 11.3 Å². The third-order valence-electron chi connectivity index (χ3n) is 4.87. The predicted molar refractivity (Wildman–Crippen MR) is 119 cm³/mol. The minimum Gasteiger partial charge on any atom is -0.478 e. The van der Waals surface area contributed by atoms with Crippen molar-refractivity contribution < 1.29 is 9.90 Å². The predicted octanol–water partition coefficient (Wildman–Crippen LogP) is 4.87. The third-order valence-corrected chi connectivity index (χ3v) is 6.76. The number of nitrogens with zero attached hydrogens (tertiary/aromatic N) is 2. The number of aromatic nitrogens is 2. The molecule has 7 heteroatoms.